The third kappa shape index (κ3) is 5.26. The summed E-state index contributed by atoms with van der Waals surface area (Å²) >= 11 is 0. The largest absolute Gasteiger partial charge is 0.455 e. The molecule has 0 spiro atoms. The third-order valence-electron chi connectivity index (χ3n) is 1.60. The van der Waals surface area contributed by atoms with Gasteiger partial charge in [-0.1, -0.05) is 6.58 Å². The van der Waals surface area contributed by atoms with E-state index >= 15 is 0 Å². The van der Waals surface area contributed by atoms with E-state index in [2.05, 4.69) is 16.1 Å². The van der Waals surface area contributed by atoms with Gasteiger partial charge in [-0.05, 0) is 6.92 Å². The molecule has 0 aromatic rings. The van der Waals surface area contributed by atoms with Crippen LogP contribution in [-0.2, 0) is 29.2 Å². The van der Waals surface area contributed by atoms with Crippen LogP contribution in [0.4, 0.5) is 13.2 Å². The standard InChI is InChI=1S/C8H9F3O7S/c1-4(9)6(12)18-5(2)7(13)17-3-8(10,11)19(14,15)16/h5H,1,3H2,2H3,(H,14,15,16). The average molecular weight is 306 g/mol. The molecule has 0 heterocycles. The van der Waals surface area contributed by atoms with Gasteiger partial charge in [0, 0.05) is 0 Å². The Balaban J connectivity index is 4.49. The van der Waals surface area contributed by atoms with Gasteiger partial charge in [-0.2, -0.15) is 21.6 Å². The maximum Gasteiger partial charge on any atom is 0.402 e. The number of rotatable bonds is 6. The number of alkyl halides is 2. The lowest BCUT2D eigenvalue weighted by Gasteiger charge is -2.15. The molecule has 1 N–H and O–H groups in total. The van der Waals surface area contributed by atoms with E-state index in [-0.39, 0.29) is 0 Å². The average Bonchev–Trinajstić information content (AvgIpc) is 2.23. The van der Waals surface area contributed by atoms with Gasteiger partial charge in [-0.25, -0.2) is 9.59 Å². The van der Waals surface area contributed by atoms with E-state index in [1.165, 1.54) is 0 Å². The highest BCUT2D eigenvalue weighted by Gasteiger charge is 2.46. The highest BCUT2D eigenvalue weighted by Crippen LogP contribution is 2.20. The minimum absolute atomic E-state index is 0.870. The third-order valence-corrected chi connectivity index (χ3v) is 2.47. The van der Waals surface area contributed by atoms with Gasteiger partial charge in [0.1, 0.15) is 0 Å². The van der Waals surface area contributed by atoms with Crippen LogP contribution in [0.3, 0.4) is 0 Å². The fraction of sp³-hybridized carbons (Fsp3) is 0.500. The van der Waals surface area contributed by atoms with Crippen LogP contribution in [0.1, 0.15) is 6.92 Å². The molecular formula is C8H9F3O7S. The first-order valence-corrected chi connectivity index (χ1v) is 5.89. The van der Waals surface area contributed by atoms with Crippen LogP contribution >= 0.6 is 0 Å². The molecule has 1 unspecified atom stereocenters. The van der Waals surface area contributed by atoms with E-state index in [9.17, 15) is 31.2 Å². The highest BCUT2D eigenvalue weighted by atomic mass is 32.2. The molecule has 0 fully saturated rings. The molecule has 0 amide bonds. The Kier molecular flexibility index (Phi) is 5.50. The Morgan fingerprint density at radius 2 is 1.89 bits per heavy atom. The molecule has 11 heteroatoms. The Morgan fingerprint density at radius 3 is 2.26 bits per heavy atom. The topological polar surface area (TPSA) is 107 Å². The molecule has 0 saturated heterocycles. The van der Waals surface area contributed by atoms with Crippen molar-refractivity contribution in [3.63, 3.8) is 0 Å². The second-order valence-electron chi connectivity index (χ2n) is 3.17. The summed E-state index contributed by atoms with van der Waals surface area (Å²) < 4.78 is 73.8. The normalized spacial score (nSPS) is 13.5. The molecular weight excluding hydrogens is 297 g/mol. The summed E-state index contributed by atoms with van der Waals surface area (Å²) in [6, 6.07) is 0. The van der Waals surface area contributed by atoms with Crippen molar-refractivity contribution >= 4 is 22.1 Å². The van der Waals surface area contributed by atoms with Crippen LogP contribution < -0.4 is 0 Å². The number of carbonyl (C=O) groups excluding carboxylic acids is 2. The van der Waals surface area contributed by atoms with Crippen molar-refractivity contribution in [2.24, 2.45) is 0 Å². The predicted octanol–water partition coefficient (Wildman–Crippen LogP) is 0.425. The first kappa shape index (κ1) is 17.4. The number of hydrogen-bond donors (Lipinski definition) is 1. The molecule has 0 aliphatic heterocycles. The van der Waals surface area contributed by atoms with Crippen LogP contribution in [0, 0.1) is 0 Å². The lowest BCUT2D eigenvalue weighted by atomic mass is 10.4. The smallest absolute Gasteiger partial charge is 0.402 e. The van der Waals surface area contributed by atoms with Gasteiger partial charge in [0.05, 0.1) is 0 Å². The second-order valence-corrected chi connectivity index (χ2v) is 4.72. The zero-order valence-electron chi connectivity index (χ0n) is 9.43. The van der Waals surface area contributed by atoms with E-state index < -0.39 is 45.8 Å². The SMILES string of the molecule is C=C(F)C(=O)OC(C)C(=O)OCC(F)(F)S(=O)(=O)O. The summed E-state index contributed by atoms with van der Waals surface area (Å²) in [6.45, 7) is 1.45. The second kappa shape index (κ2) is 6.02. The van der Waals surface area contributed by atoms with Crippen molar-refractivity contribution in [1.29, 1.82) is 0 Å². The Labute approximate surface area is 105 Å². The molecule has 0 aromatic carbocycles. The quantitative estimate of drug-likeness (QED) is 0.430. The van der Waals surface area contributed by atoms with E-state index in [4.69, 9.17) is 4.55 Å². The molecule has 0 aliphatic carbocycles. The van der Waals surface area contributed by atoms with Crippen molar-refractivity contribution < 1.29 is 45.2 Å². The zero-order valence-corrected chi connectivity index (χ0v) is 10.2. The minimum atomic E-state index is -5.75. The monoisotopic (exact) mass is 306 g/mol. The predicted molar refractivity (Wildman–Crippen MR) is 53.3 cm³/mol. The van der Waals surface area contributed by atoms with Gasteiger partial charge in [0.2, 0.25) is 5.83 Å². The van der Waals surface area contributed by atoms with Gasteiger partial charge in [-0.15, -0.1) is 0 Å². The molecule has 0 saturated carbocycles. The first-order chi connectivity index (χ1) is 8.38. The molecule has 0 aromatic heterocycles. The van der Waals surface area contributed by atoms with Crippen LogP contribution in [0.5, 0.6) is 0 Å². The van der Waals surface area contributed by atoms with Crippen molar-refractivity contribution in [3.05, 3.63) is 12.4 Å². The Bertz CT molecular complexity index is 485. The van der Waals surface area contributed by atoms with Gasteiger partial charge in [0.15, 0.2) is 12.7 Å². The molecule has 110 valence electrons. The van der Waals surface area contributed by atoms with Crippen LogP contribution in [-0.4, -0.2) is 42.9 Å². The summed E-state index contributed by atoms with van der Waals surface area (Å²) in [4.78, 5) is 21.6. The van der Waals surface area contributed by atoms with E-state index in [1.54, 1.807) is 0 Å². The maximum absolute atomic E-state index is 12.6. The van der Waals surface area contributed by atoms with Gasteiger partial charge in [0.25, 0.3) is 0 Å². The van der Waals surface area contributed by atoms with Gasteiger partial charge in [-0.3, -0.25) is 4.55 Å². The summed E-state index contributed by atoms with van der Waals surface area (Å²) in [5.74, 6) is -4.69. The van der Waals surface area contributed by atoms with Gasteiger partial charge >= 0.3 is 27.3 Å². The maximum atomic E-state index is 12.6. The van der Waals surface area contributed by atoms with Gasteiger partial charge < -0.3 is 9.47 Å². The molecule has 1 atom stereocenters. The summed E-state index contributed by atoms with van der Waals surface area (Å²) in [6.07, 6.45) is -1.77. The summed E-state index contributed by atoms with van der Waals surface area (Å²) in [5, 5.41) is -4.71. The summed E-state index contributed by atoms with van der Waals surface area (Å²) in [5.41, 5.74) is 0. The molecule has 0 aliphatic rings. The molecule has 0 rings (SSSR count). The van der Waals surface area contributed by atoms with Crippen LogP contribution in [0.2, 0.25) is 0 Å². The Hall–Kier alpha value is -1.62. The highest BCUT2D eigenvalue weighted by molar-refractivity contribution is 7.86. The van der Waals surface area contributed by atoms with Crippen molar-refractivity contribution in [2.75, 3.05) is 6.61 Å². The number of carbonyl (C=O) groups is 2. The lowest BCUT2D eigenvalue weighted by molar-refractivity contribution is -0.168. The van der Waals surface area contributed by atoms with E-state index in [0.29, 0.717) is 0 Å². The summed E-state index contributed by atoms with van der Waals surface area (Å²) in [7, 11) is -5.75. The molecule has 0 bridgehead atoms. The van der Waals surface area contributed by atoms with Crippen molar-refractivity contribution in [2.45, 2.75) is 18.3 Å². The molecule has 0 radical (unpaired) electrons. The number of halogens is 3. The van der Waals surface area contributed by atoms with Crippen molar-refractivity contribution in [3.8, 4) is 0 Å². The fourth-order valence-corrected chi connectivity index (χ4v) is 0.827. The minimum Gasteiger partial charge on any atom is -0.455 e. The van der Waals surface area contributed by atoms with Crippen LogP contribution in [0.15, 0.2) is 12.4 Å². The zero-order chi connectivity index (χ0) is 15.4. The lowest BCUT2D eigenvalue weighted by Crippen LogP contribution is -2.37. The number of ether oxygens (including phenoxy) is 2. The fourth-order valence-electron chi connectivity index (χ4n) is 0.620. The van der Waals surface area contributed by atoms with Crippen LogP contribution in [0.25, 0.3) is 0 Å². The number of esters is 2. The molecule has 7 nitrogen and oxygen atoms in total. The first-order valence-electron chi connectivity index (χ1n) is 4.45. The number of hydrogen-bond acceptors (Lipinski definition) is 6. The van der Waals surface area contributed by atoms with E-state index in [0.717, 1.165) is 6.92 Å². The van der Waals surface area contributed by atoms with E-state index in [1.807, 2.05) is 0 Å². The Morgan fingerprint density at radius 1 is 1.42 bits per heavy atom. The van der Waals surface area contributed by atoms with Crippen molar-refractivity contribution in [1.82, 2.24) is 0 Å². The molecule has 19 heavy (non-hydrogen) atoms.